The largest absolute Gasteiger partial charge is 0.481 e. The van der Waals surface area contributed by atoms with Crippen LogP contribution in [0.25, 0.3) is 0 Å². The van der Waals surface area contributed by atoms with E-state index in [4.69, 9.17) is 9.84 Å². The Kier molecular flexibility index (Phi) is 4.80. The molecule has 24 heavy (non-hydrogen) atoms. The molecule has 7 nitrogen and oxygen atoms in total. The average Bonchev–Trinajstić information content (AvgIpc) is 3.01. The Morgan fingerprint density at radius 1 is 1.17 bits per heavy atom. The number of nitrogens with one attached hydrogen (secondary N) is 1. The van der Waals surface area contributed by atoms with Crippen molar-refractivity contribution in [1.29, 1.82) is 0 Å². The number of carboxylic acids is 1. The van der Waals surface area contributed by atoms with E-state index in [0.717, 1.165) is 0 Å². The molecule has 7 heteroatoms. The molecule has 0 bridgehead atoms. The van der Waals surface area contributed by atoms with E-state index in [1.54, 1.807) is 7.05 Å². The molecule has 3 rings (SSSR count). The Hall–Kier alpha value is -1.63. The number of carboxylic acid groups (broad SMARTS) is 1. The highest BCUT2D eigenvalue weighted by molar-refractivity contribution is 5.86. The van der Waals surface area contributed by atoms with E-state index in [2.05, 4.69) is 5.32 Å². The van der Waals surface area contributed by atoms with Crippen LogP contribution in [0.5, 0.6) is 0 Å². The zero-order chi connectivity index (χ0) is 17.3. The van der Waals surface area contributed by atoms with Crippen LogP contribution >= 0.6 is 0 Å². The number of hydrogen-bond acceptors (Lipinski definition) is 4. The highest BCUT2D eigenvalue weighted by Gasteiger charge is 2.54. The molecule has 3 fully saturated rings. The van der Waals surface area contributed by atoms with E-state index in [-0.39, 0.29) is 29.6 Å². The van der Waals surface area contributed by atoms with Gasteiger partial charge in [0.1, 0.15) is 0 Å². The van der Waals surface area contributed by atoms with Gasteiger partial charge in [-0.2, -0.15) is 0 Å². The Bertz CT molecular complexity index is 529. The van der Waals surface area contributed by atoms with Gasteiger partial charge >= 0.3 is 5.97 Å². The second-order valence-electron chi connectivity index (χ2n) is 7.36. The summed E-state index contributed by atoms with van der Waals surface area (Å²) in [6.07, 6.45) is 3.02. The summed E-state index contributed by atoms with van der Waals surface area (Å²) >= 11 is 0. The fourth-order valence-corrected chi connectivity index (χ4v) is 4.58. The van der Waals surface area contributed by atoms with Gasteiger partial charge in [-0.15, -0.1) is 0 Å². The van der Waals surface area contributed by atoms with Crippen LogP contribution in [0.3, 0.4) is 0 Å². The third-order valence-electron chi connectivity index (χ3n) is 6.12. The first kappa shape index (κ1) is 17.2. The standard InChI is InChI=1S/C17H26N2O5/c1-18-16(23)17-6-7-24-9-13(17)8-19(10-17)14(20)11-2-4-12(5-3-11)15(21)22/h11-13H,2-10H2,1H3,(H,18,23)(H,21,22)/t11?,12?,13-,17+/m1/s1. The first-order valence-corrected chi connectivity index (χ1v) is 8.79. The van der Waals surface area contributed by atoms with E-state index in [0.29, 0.717) is 58.4 Å². The van der Waals surface area contributed by atoms with E-state index >= 15 is 0 Å². The molecule has 0 spiro atoms. The van der Waals surface area contributed by atoms with Crippen LogP contribution in [0.4, 0.5) is 0 Å². The number of ether oxygens (including phenoxy) is 1. The third kappa shape index (κ3) is 2.90. The highest BCUT2D eigenvalue weighted by Crippen LogP contribution is 2.43. The predicted octanol–water partition coefficient (Wildman–Crippen LogP) is 0.489. The summed E-state index contributed by atoms with van der Waals surface area (Å²) < 4.78 is 5.53. The van der Waals surface area contributed by atoms with Gasteiger partial charge in [-0.25, -0.2) is 0 Å². The van der Waals surface area contributed by atoms with Gasteiger partial charge in [0.15, 0.2) is 0 Å². The molecule has 3 aliphatic rings. The average molecular weight is 338 g/mol. The van der Waals surface area contributed by atoms with Gasteiger partial charge in [0.05, 0.1) is 17.9 Å². The molecule has 2 atom stereocenters. The molecule has 2 heterocycles. The number of hydrogen-bond donors (Lipinski definition) is 2. The zero-order valence-electron chi connectivity index (χ0n) is 14.1. The van der Waals surface area contributed by atoms with Crippen molar-refractivity contribution in [1.82, 2.24) is 10.2 Å². The number of fused-ring (bicyclic) bond motifs is 1. The molecule has 0 unspecified atom stereocenters. The van der Waals surface area contributed by atoms with E-state index in [9.17, 15) is 14.4 Å². The summed E-state index contributed by atoms with van der Waals surface area (Å²) in [4.78, 5) is 38.2. The summed E-state index contributed by atoms with van der Waals surface area (Å²) in [7, 11) is 1.64. The van der Waals surface area contributed by atoms with E-state index in [1.807, 2.05) is 4.90 Å². The SMILES string of the molecule is CNC(=O)[C@]12CCOC[C@H]1CN(C(=O)C1CCC(C(=O)O)CC1)C2. The number of aliphatic carboxylic acids is 1. The van der Waals surface area contributed by atoms with Crippen molar-refractivity contribution in [3.63, 3.8) is 0 Å². The molecule has 2 N–H and O–H groups in total. The van der Waals surface area contributed by atoms with Crippen LogP contribution in [0, 0.1) is 23.2 Å². The molecule has 0 aromatic carbocycles. The maximum atomic E-state index is 12.9. The second-order valence-corrected chi connectivity index (χ2v) is 7.36. The zero-order valence-corrected chi connectivity index (χ0v) is 14.1. The summed E-state index contributed by atoms with van der Waals surface area (Å²) in [6, 6.07) is 0. The van der Waals surface area contributed by atoms with Gasteiger partial charge in [-0.1, -0.05) is 0 Å². The topological polar surface area (TPSA) is 95.9 Å². The fraction of sp³-hybridized carbons (Fsp3) is 0.824. The van der Waals surface area contributed by atoms with Crippen molar-refractivity contribution in [3.8, 4) is 0 Å². The van der Waals surface area contributed by atoms with Gasteiger partial charge < -0.3 is 20.1 Å². The summed E-state index contributed by atoms with van der Waals surface area (Å²) in [6.45, 7) is 2.09. The van der Waals surface area contributed by atoms with Gasteiger partial charge in [0.2, 0.25) is 11.8 Å². The number of amides is 2. The lowest BCUT2D eigenvalue weighted by Crippen LogP contribution is -2.49. The van der Waals surface area contributed by atoms with Crippen molar-refractivity contribution in [2.24, 2.45) is 23.2 Å². The van der Waals surface area contributed by atoms with Gasteiger partial charge in [-0.05, 0) is 32.1 Å². The second kappa shape index (κ2) is 6.70. The smallest absolute Gasteiger partial charge is 0.306 e. The molecule has 134 valence electrons. The number of rotatable bonds is 3. The summed E-state index contributed by atoms with van der Waals surface area (Å²) in [5, 5.41) is 11.8. The summed E-state index contributed by atoms with van der Waals surface area (Å²) in [5.74, 6) is -1.06. The maximum absolute atomic E-state index is 12.9. The van der Waals surface area contributed by atoms with Gasteiger partial charge in [-0.3, -0.25) is 14.4 Å². The first-order chi connectivity index (χ1) is 11.5. The minimum atomic E-state index is -0.760. The van der Waals surface area contributed by atoms with Crippen molar-refractivity contribution in [2.45, 2.75) is 32.1 Å². The molecule has 0 radical (unpaired) electrons. The Labute approximate surface area is 141 Å². The molecule has 0 aromatic heterocycles. The van der Waals surface area contributed by atoms with Crippen molar-refractivity contribution >= 4 is 17.8 Å². The maximum Gasteiger partial charge on any atom is 0.306 e. The molecule has 1 saturated carbocycles. The van der Waals surface area contributed by atoms with Crippen LogP contribution in [-0.2, 0) is 19.1 Å². The van der Waals surface area contributed by atoms with Crippen LogP contribution in [0.15, 0.2) is 0 Å². The minimum Gasteiger partial charge on any atom is -0.481 e. The van der Waals surface area contributed by atoms with Crippen LogP contribution < -0.4 is 5.32 Å². The number of carbonyl (C=O) groups excluding carboxylic acids is 2. The molecular formula is C17H26N2O5. The third-order valence-corrected chi connectivity index (χ3v) is 6.12. The van der Waals surface area contributed by atoms with Gasteiger partial charge in [0, 0.05) is 38.6 Å². The van der Waals surface area contributed by atoms with E-state index in [1.165, 1.54) is 0 Å². The van der Waals surface area contributed by atoms with Crippen molar-refractivity contribution < 1.29 is 24.2 Å². The molecular weight excluding hydrogens is 312 g/mol. The van der Waals surface area contributed by atoms with Crippen LogP contribution in [0.1, 0.15) is 32.1 Å². The summed E-state index contributed by atoms with van der Waals surface area (Å²) in [5.41, 5.74) is -0.527. The number of likely N-dealkylation sites (tertiary alicyclic amines) is 1. The molecule has 2 aliphatic heterocycles. The van der Waals surface area contributed by atoms with E-state index < -0.39 is 11.4 Å². The molecule has 0 aromatic rings. The lowest BCUT2D eigenvalue weighted by Gasteiger charge is -2.36. The Morgan fingerprint density at radius 3 is 2.46 bits per heavy atom. The number of carbonyl (C=O) groups is 3. The van der Waals surface area contributed by atoms with Crippen molar-refractivity contribution in [3.05, 3.63) is 0 Å². The number of nitrogens with zero attached hydrogens (tertiary/aromatic N) is 1. The molecule has 2 saturated heterocycles. The van der Waals surface area contributed by atoms with Crippen LogP contribution in [-0.4, -0.2) is 61.1 Å². The van der Waals surface area contributed by atoms with Crippen molar-refractivity contribution in [2.75, 3.05) is 33.4 Å². The van der Waals surface area contributed by atoms with Crippen LogP contribution in [0.2, 0.25) is 0 Å². The molecule has 1 aliphatic carbocycles. The Balaban J connectivity index is 1.67. The monoisotopic (exact) mass is 338 g/mol. The molecule has 2 amide bonds. The quantitative estimate of drug-likeness (QED) is 0.781. The first-order valence-electron chi connectivity index (χ1n) is 8.79. The fourth-order valence-electron chi connectivity index (χ4n) is 4.58. The highest BCUT2D eigenvalue weighted by atomic mass is 16.5. The minimum absolute atomic E-state index is 0.000635. The predicted molar refractivity (Wildman–Crippen MR) is 85.1 cm³/mol. The Morgan fingerprint density at radius 2 is 1.83 bits per heavy atom. The van der Waals surface area contributed by atoms with Gasteiger partial charge in [0.25, 0.3) is 0 Å². The normalized spacial score (nSPS) is 36.0. The lowest BCUT2D eigenvalue weighted by atomic mass is 9.73. The lowest BCUT2D eigenvalue weighted by molar-refractivity contribution is -0.146.